The lowest BCUT2D eigenvalue weighted by atomic mass is 9.97. The number of nitrogens with zero attached hydrogens (tertiary/aromatic N) is 1. The Kier molecular flexibility index (Phi) is 4.91. The minimum absolute atomic E-state index is 0.0186. The smallest absolute Gasteiger partial charge is 0.247 e. The van der Waals surface area contributed by atoms with E-state index >= 15 is 0 Å². The van der Waals surface area contributed by atoms with Crippen molar-refractivity contribution in [2.24, 2.45) is 11.7 Å². The number of methoxy groups -OCH3 is 1. The van der Waals surface area contributed by atoms with E-state index in [0.29, 0.717) is 24.8 Å². The second kappa shape index (κ2) is 6.34. The monoisotopic (exact) mass is 312 g/mol. The van der Waals surface area contributed by atoms with Crippen molar-refractivity contribution in [3.8, 4) is 5.75 Å². The van der Waals surface area contributed by atoms with Crippen molar-refractivity contribution in [1.82, 2.24) is 4.31 Å². The van der Waals surface area contributed by atoms with E-state index in [1.54, 1.807) is 22.5 Å². The predicted octanol–water partition coefficient (Wildman–Crippen LogP) is 1.96. The first-order valence-electron chi connectivity index (χ1n) is 7.29. The molecule has 5 nitrogen and oxygen atoms in total. The Balaban J connectivity index is 2.43. The van der Waals surface area contributed by atoms with E-state index in [-0.39, 0.29) is 10.9 Å². The summed E-state index contributed by atoms with van der Waals surface area (Å²) < 4.78 is 32.7. The van der Waals surface area contributed by atoms with Crippen LogP contribution in [0.5, 0.6) is 5.75 Å². The van der Waals surface area contributed by atoms with Gasteiger partial charge in [-0.15, -0.1) is 0 Å². The third-order valence-electron chi connectivity index (χ3n) is 4.11. The highest BCUT2D eigenvalue weighted by Crippen LogP contribution is 2.32. The van der Waals surface area contributed by atoms with Crippen molar-refractivity contribution in [1.29, 1.82) is 0 Å². The van der Waals surface area contributed by atoms with Gasteiger partial charge >= 0.3 is 0 Å². The van der Waals surface area contributed by atoms with Crippen molar-refractivity contribution in [3.05, 3.63) is 23.8 Å². The van der Waals surface area contributed by atoms with Crippen molar-refractivity contribution in [3.63, 3.8) is 0 Å². The molecule has 0 amide bonds. The molecule has 0 aromatic heterocycles. The molecular formula is C15H24N2O3S. The first-order valence-corrected chi connectivity index (χ1v) is 8.73. The van der Waals surface area contributed by atoms with E-state index in [1.807, 2.05) is 6.92 Å². The topological polar surface area (TPSA) is 72.6 Å². The lowest BCUT2D eigenvalue weighted by Gasteiger charge is -2.35. The molecule has 1 aromatic carbocycles. The van der Waals surface area contributed by atoms with Crippen LogP contribution in [0.3, 0.4) is 0 Å². The summed E-state index contributed by atoms with van der Waals surface area (Å²) in [6.07, 6.45) is 1.96. The highest BCUT2D eigenvalue weighted by Gasteiger charge is 2.35. The van der Waals surface area contributed by atoms with Crippen LogP contribution in [-0.2, 0) is 16.6 Å². The number of piperidine rings is 1. The molecule has 1 aliphatic rings. The van der Waals surface area contributed by atoms with Crippen LogP contribution in [0.25, 0.3) is 0 Å². The van der Waals surface area contributed by atoms with E-state index in [2.05, 4.69) is 6.92 Å². The molecule has 1 saturated heterocycles. The Bertz CT molecular complexity index is 601. The third-order valence-corrected chi connectivity index (χ3v) is 6.13. The van der Waals surface area contributed by atoms with Crippen LogP contribution in [-0.4, -0.2) is 32.4 Å². The van der Waals surface area contributed by atoms with Gasteiger partial charge < -0.3 is 10.5 Å². The Hall–Kier alpha value is -1.11. The van der Waals surface area contributed by atoms with Gasteiger partial charge in [0.25, 0.3) is 0 Å². The second-order valence-corrected chi connectivity index (χ2v) is 7.65. The molecule has 0 saturated carbocycles. The first kappa shape index (κ1) is 16.3. The number of rotatable bonds is 4. The number of nitrogens with two attached hydrogens (primary N) is 1. The van der Waals surface area contributed by atoms with Crippen LogP contribution in [0.1, 0.15) is 32.3 Å². The minimum Gasteiger partial charge on any atom is -0.495 e. The zero-order valence-corrected chi connectivity index (χ0v) is 13.7. The summed E-state index contributed by atoms with van der Waals surface area (Å²) in [4.78, 5) is 0.225. The summed E-state index contributed by atoms with van der Waals surface area (Å²) in [5.41, 5.74) is 6.45. The van der Waals surface area contributed by atoms with Crippen LogP contribution in [0.4, 0.5) is 0 Å². The molecule has 0 radical (unpaired) electrons. The molecule has 1 heterocycles. The highest BCUT2D eigenvalue weighted by molar-refractivity contribution is 7.89. The number of ether oxygens (including phenoxy) is 1. The average Bonchev–Trinajstić information content (AvgIpc) is 2.48. The average molecular weight is 312 g/mol. The number of sulfonamides is 1. The number of benzene rings is 1. The zero-order valence-electron chi connectivity index (χ0n) is 12.9. The maximum Gasteiger partial charge on any atom is 0.247 e. The SMILES string of the molecule is COc1cc(CN)ccc1S(=O)(=O)N1CC(C)CCC1C. The maximum atomic E-state index is 12.9. The van der Waals surface area contributed by atoms with Crippen LogP contribution in [0.15, 0.2) is 23.1 Å². The molecule has 6 heteroatoms. The summed E-state index contributed by atoms with van der Waals surface area (Å²) >= 11 is 0. The predicted molar refractivity (Wildman–Crippen MR) is 82.6 cm³/mol. The standard InChI is InChI=1S/C15H24N2O3S/c1-11-4-5-12(2)17(10-11)21(18,19)15-7-6-13(9-16)8-14(15)20-3/h6-8,11-12H,4-5,9-10,16H2,1-3H3. The first-order chi connectivity index (χ1) is 9.90. The summed E-state index contributed by atoms with van der Waals surface area (Å²) in [6, 6.07) is 5.06. The molecule has 1 aromatic rings. The van der Waals surface area contributed by atoms with E-state index in [1.165, 1.54) is 7.11 Å². The van der Waals surface area contributed by atoms with Gasteiger partial charge in [0.1, 0.15) is 10.6 Å². The van der Waals surface area contributed by atoms with Gasteiger partial charge in [-0.25, -0.2) is 8.42 Å². The van der Waals surface area contributed by atoms with Gasteiger partial charge in [0.05, 0.1) is 7.11 Å². The van der Waals surface area contributed by atoms with Crippen molar-refractivity contribution in [2.75, 3.05) is 13.7 Å². The van der Waals surface area contributed by atoms with Gasteiger partial charge in [0.15, 0.2) is 0 Å². The molecule has 2 atom stereocenters. The Morgan fingerprint density at radius 1 is 1.33 bits per heavy atom. The van der Waals surface area contributed by atoms with Gasteiger partial charge in [-0.3, -0.25) is 0 Å². The quantitative estimate of drug-likeness (QED) is 0.922. The van der Waals surface area contributed by atoms with E-state index < -0.39 is 10.0 Å². The van der Waals surface area contributed by atoms with Crippen LogP contribution < -0.4 is 10.5 Å². The molecule has 118 valence electrons. The molecular weight excluding hydrogens is 288 g/mol. The summed E-state index contributed by atoms with van der Waals surface area (Å²) in [5, 5.41) is 0. The molecule has 2 unspecified atom stereocenters. The highest BCUT2D eigenvalue weighted by atomic mass is 32.2. The Morgan fingerprint density at radius 3 is 2.67 bits per heavy atom. The fourth-order valence-electron chi connectivity index (χ4n) is 2.76. The van der Waals surface area contributed by atoms with Crippen molar-refractivity contribution < 1.29 is 13.2 Å². The van der Waals surface area contributed by atoms with Crippen LogP contribution in [0.2, 0.25) is 0 Å². The summed E-state index contributed by atoms with van der Waals surface area (Å²) in [5.74, 6) is 0.744. The molecule has 21 heavy (non-hydrogen) atoms. The molecule has 0 bridgehead atoms. The molecule has 0 aliphatic carbocycles. The number of hydrogen-bond acceptors (Lipinski definition) is 4. The Morgan fingerprint density at radius 2 is 2.05 bits per heavy atom. The lowest BCUT2D eigenvalue weighted by molar-refractivity contribution is 0.217. The molecule has 1 fully saturated rings. The third kappa shape index (κ3) is 3.22. The van der Waals surface area contributed by atoms with E-state index in [9.17, 15) is 8.42 Å². The molecule has 2 rings (SSSR count). The van der Waals surface area contributed by atoms with Gasteiger partial charge in [0, 0.05) is 19.1 Å². The van der Waals surface area contributed by atoms with Gasteiger partial charge in [-0.05, 0) is 43.4 Å². The van der Waals surface area contributed by atoms with Crippen LogP contribution in [0, 0.1) is 5.92 Å². The molecule has 1 aliphatic heterocycles. The number of hydrogen-bond donors (Lipinski definition) is 1. The molecule has 0 spiro atoms. The van der Waals surface area contributed by atoms with E-state index in [4.69, 9.17) is 10.5 Å². The minimum atomic E-state index is -3.54. The summed E-state index contributed by atoms with van der Waals surface area (Å²) in [7, 11) is -2.06. The maximum absolute atomic E-state index is 12.9. The normalized spacial score (nSPS) is 24.0. The zero-order chi connectivity index (χ0) is 15.6. The van der Waals surface area contributed by atoms with Gasteiger partial charge in [-0.2, -0.15) is 4.31 Å². The fourth-order valence-corrected chi connectivity index (χ4v) is 4.68. The van der Waals surface area contributed by atoms with Crippen molar-refractivity contribution >= 4 is 10.0 Å². The fraction of sp³-hybridized carbons (Fsp3) is 0.600. The van der Waals surface area contributed by atoms with E-state index in [0.717, 1.165) is 18.4 Å². The van der Waals surface area contributed by atoms with Crippen molar-refractivity contribution in [2.45, 2.75) is 44.2 Å². The van der Waals surface area contributed by atoms with Crippen LogP contribution >= 0.6 is 0 Å². The largest absolute Gasteiger partial charge is 0.495 e. The lowest BCUT2D eigenvalue weighted by Crippen LogP contribution is -2.44. The van der Waals surface area contributed by atoms with Gasteiger partial charge in [-0.1, -0.05) is 13.0 Å². The molecule has 2 N–H and O–H groups in total. The Labute approximate surface area is 127 Å². The van der Waals surface area contributed by atoms with Gasteiger partial charge in [0.2, 0.25) is 10.0 Å². The summed E-state index contributed by atoms with van der Waals surface area (Å²) in [6.45, 7) is 4.96. The second-order valence-electron chi connectivity index (χ2n) is 5.80.